The van der Waals surface area contributed by atoms with E-state index in [9.17, 15) is 4.79 Å². The van der Waals surface area contributed by atoms with Gasteiger partial charge in [-0.3, -0.25) is 4.79 Å². The van der Waals surface area contributed by atoms with Gasteiger partial charge in [-0.15, -0.1) is 0 Å². The minimum atomic E-state index is -0.178. The lowest BCUT2D eigenvalue weighted by Gasteiger charge is -2.10. The predicted molar refractivity (Wildman–Crippen MR) is 83.0 cm³/mol. The van der Waals surface area contributed by atoms with Crippen LogP contribution >= 0.6 is 27.5 Å². The van der Waals surface area contributed by atoms with Crippen molar-refractivity contribution in [3.63, 3.8) is 0 Å². The molecule has 0 saturated carbocycles. The van der Waals surface area contributed by atoms with Gasteiger partial charge in [0.05, 0.1) is 5.56 Å². The van der Waals surface area contributed by atoms with E-state index in [1.54, 1.807) is 18.2 Å². The molecule has 0 aliphatic heterocycles. The smallest absolute Gasteiger partial charge is 0.256 e. The molecule has 1 amide bonds. The fourth-order valence-electron chi connectivity index (χ4n) is 1.73. The molecule has 0 unspecified atom stereocenters. The van der Waals surface area contributed by atoms with E-state index >= 15 is 0 Å². The molecule has 0 spiro atoms. The summed E-state index contributed by atoms with van der Waals surface area (Å²) >= 11 is 9.28. The number of carbonyl (C=O) groups is 1. The molecule has 0 saturated heterocycles. The second-order valence-electron chi connectivity index (χ2n) is 4.40. The number of aryl methyl sites for hydroxylation is 2. The lowest BCUT2D eigenvalue weighted by Crippen LogP contribution is -2.13. The zero-order valence-electron chi connectivity index (χ0n) is 10.6. The van der Waals surface area contributed by atoms with Crippen molar-refractivity contribution in [2.45, 2.75) is 13.8 Å². The summed E-state index contributed by atoms with van der Waals surface area (Å²) in [6.07, 6.45) is 0. The number of halogens is 2. The lowest BCUT2D eigenvalue weighted by molar-refractivity contribution is 0.102. The Labute approximate surface area is 125 Å². The molecule has 2 rings (SSSR count). The number of hydrogen-bond donors (Lipinski definition) is 1. The first-order valence-corrected chi connectivity index (χ1v) is 6.98. The maximum atomic E-state index is 12.3. The summed E-state index contributed by atoms with van der Waals surface area (Å²) in [5, 5.41) is 3.44. The van der Waals surface area contributed by atoms with Gasteiger partial charge in [-0.1, -0.05) is 23.7 Å². The molecule has 19 heavy (non-hydrogen) atoms. The van der Waals surface area contributed by atoms with Crippen molar-refractivity contribution in [1.29, 1.82) is 0 Å². The number of benzene rings is 2. The highest BCUT2D eigenvalue weighted by Crippen LogP contribution is 2.23. The first-order valence-electron chi connectivity index (χ1n) is 5.81. The van der Waals surface area contributed by atoms with Gasteiger partial charge >= 0.3 is 0 Å². The van der Waals surface area contributed by atoms with Crippen molar-refractivity contribution in [3.05, 3.63) is 62.6 Å². The SMILES string of the molecule is Cc1ccc(C)c(NC(=O)c2cc(Cl)ccc2Br)c1. The minimum Gasteiger partial charge on any atom is -0.322 e. The Bertz CT molecular complexity index is 640. The molecule has 0 atom stereocenters. The molecule has 0 aliphatic rings. The van der Waals surface area contributed by atoms with E-state index in [1.165, 1.54) is 0 Å². The summed E-state index contributed by atoms with van der Waals surface area (Å²) in [6, 6.07) is 11.1. The summed E-state index contributed by atoms with van der Waals surface area (Å²) in [4.78, 5) is 12.3. The van der Waals surface area contributed by atoms with Crippen molar-refractivity contribution in [2.24, 2.45) is 0 Å². The van der Waals surface area contributed by atoms with Gasteiger partial charge in [-0.2, -0.15) is 0 Å². The normalized spacial score (nSPS) is 10.3. The van der Waals surface area contributed by atoms with Crippen molar-refractivity contribution in [1.82, 2.24) is 0 Å². The van der Waals surface area contributed by atoms with Gasteiger partial charge in [0.1, 0.15) is 0 Å². The Morgan fingerprint density at radius 3 is 2.63 bits per heavy atom. The average molecular weight is 339 g/mol. The minimum absolute atomic E-state index is 0.178. The second kappa shape index (κ2) is 5.76. The number of rotatable bonds is 2. The third kappa shape index (κ3) is 3.37. The van der Waals surface area contributed by atoms with E-state index in [2.05, 4.69) is 21.2 Å². The van der Waals surface area contributed by atoms with Gasteiger partial charge in [0.2, 0.25) is 0 Å². The largest absolute Gasteiger partial charge is 0.322 e. The van der Waals surface area contributed by atoms with Crippen LogP contribution < -0.4 is 5.32 Å². The van der Waals surface area contributed by atoms with E-state index in [0.717, 1.165) is 21.3 Å². The molecule has 98 valence electrons. The second-order valence-corrected chi connectivity index (χ2v) is 5.69. The number of amides is 1. The Morgan fingerprint density at radius 2 is 1.89 bits per heavy atom. The van der Waals surface area contributed by atoms with Gasteiger partial charge < -0.3 is 5.32 Å². The molecular weight excluding hydrogens is 326 g/mol. The van der Waals surface area contributed by atoms with Gasteiger partial charge in [-0.25, -0.2) is 0 Å². The lowest BCUT2D eigenvalue weighted by atomic mass is 10.1. The summed E-state index contributed by atoms with van der Waals surface area (Å²) in [6.45, 7) is 3.95. The third-order valence-corrected chi connectivity index (χ3v) is 3.74. The van der Waals surface area contributed by atoms with Crippen LogP contribution in [0.1, 0.15) is 21.5 Å². The van der Waals surface area contributed by atoms with Crippen LogP contribution in [0.5, 0.6) is 0 Å². The molecule has 1 N–H and O–H groups in total. The van der Waals surface area contributed by atoms with Crippen molar-refractivity contribution in [2.75, 3.05) is 5.32 Å². The fourth-order valence-corrected chi connectivity index (χ4v) is 2.33. The van der Waals surface area contributed by atoms with Gasteiger partial charge in [0, 0.05) is 15.2 Å². The van der Waals surface area contributed by atoms with Crippen LogP contribution in [-0.2, 0) is 0 Å². The van der Waals surface area contributed by atoms with Crippen LogP contribution in [-0.4, -0.2) is 5.91 Å². The van der Waals surface area contributed by atoms with Crippen LogP contribution in [0.25, 0.3) is 0 Å². The number of nitrogens with one attached hydrogen (secondary N) is 1. The predicted octanol–water partition coefficient (Wildman–Crippen LogP) is 4.97. The highest BCUT2D eigenvalue weighted by atomic mass is 79.9. The number of anilines is 1. The zero-order chi connectivity index (χ0) is 14.0. The average Bonchev–Trinajstić information content (AvgIpc) is 2.36. The monoisotopic (exact) mass is 337 g/mol. The molecule has 0 radical (unpaired) electrons. The number of carbonyl (C=O) groups excluding carboxylic acids is 1. The first-order chi connectivity index (χ1) is 8.97. The van der Waals surface area contributed by atoms with Crippen molar-refractivity contribution >= 4 is 39.1 Å². The van der Waals surface area contributed by atoms with E-state index < -0.39 is 0 Å². The Kier molecular flexibility index (Phi) is 4.27. The Hall–Kier alpha value is -1.32. The standard InChI is InChI=1S/C15H13BrClNO/c1-9-3-4-10(2)14(7-9)18-15(19)12-8-11(17)5-6-13(12)16/h3-8H,1-2H3,(H,18,19). The fraction of sp³-hybridized carbons (Fsp3) is 0.133. The first kappa shape index (κ1) is 14.1. The Morgan fingerprint density at radius 1 is 1.16 bits per heavy atom. The summed E-state index contributed by atoms with van der Waals surface area (Å²) in [5.74, 6) is -0.178. The molecule has 0 aliphatic carbocycles. The summed E-state index contributed by atoms with van der Waals surface area (Å²) < 4.78 is 0.722. The maximum absolute atomic E-state index is 12.3. The van der Waals surface area contributed by atoms with Crippen LogP contribution in [0.15, 0.2) is 40.9 Å². The summed E-state index contributed by atoms with van der Waals surface area (Å²) in [7, 11) is 0. The molecule has 2 aromatic rings. The molecule has 0 heterocycles. The molecular formula is C15H13BrClNO. The molecule has 2 aromatic carbocycles. The van der Waals surface area contributed by atoms with Crippen molar-refractivity contribution in [3.8, 4) is 0 Å². The quantitative estimate of drug-likeness (QED) is 0.823. The molecule has 2 nitrogen and oxygen atoms in total. The zero-order valence-corrected chi connectivity index (χ0v) is 13.0. The number of hydrogen-bond acceptors (Lipinski definition) is 1. The van der Waals surface area contributed by atoms with Gasteiger partial charge in [0.25, 0.3) is 5.91 Å². The highest BCUT2D eigenvalue weighted by molar-refractivity contribution is 9.10. The van der Waals surface area contributed by atoms with Crippen LogP contribution in [0, 0.1) is 13.8 Å². The maximum Gasteiger partial charge on any atom is 0.256 e. The van der Waals surface area contributed by atoms with Crippen LogP contribution in [0.3, 0.4) is 0 Å². The van der Waals surface area contributed by atoms with Crippen molar-refractivity contribution < 1.29 is 4.79 Å². The van der Waals surface area contributed by atoms with E-state index in [0.29, 0.717) is 10.6 Å². The van der Waals surface area contributed by atoms with Gasteiger partial charge in [-0.05, 0) is 65.2 Å². The van der Waals surface area contributed by atoms with E-state index in [-0.39, 0.29) is 5.91 Å². The summed E-state index contributed by atoms with van der Waals surface area (Å²) in [5.41, 5.74) is 3.47. The third-order valence-electron chi connectivity index (χ3n) is 2.81. The molecule has 0 bridgehead atoms. The molecule has 0 aromatic heterocycles. The van der Waals surface area contributed by atoms with Crippen LogP contribution in [0.4, 0.5) is 5.69 Å². The highest BCUT2D eigenvalue weighted by Gasteiger charge is 2.12. The Balaban J connectivity index is 2.30. The van der Waals surface area contributed by atoms with E-state index in [4.69, 9.17) is 11.6 Å². The molecule has 0 fully saturated rings. The van der Waals surface area contributed by atoms with E-state index in [1.807, 2.05) is 32.0 Å². The topological polar surface area (TPSA) is 29.1 Å². The van der Waals surface area contributed by atoms with Gasteiger partial charge in [0.15, 0.2) is 0 Å². The molecule has 4 heteroatoms. The van der Waals surface area contributed by atoms with Crippen LogP contribution in [0.2, 0.25) is 5.02 Å².